The molecule has 9 heteroatoms. The molecule has 2 unspecified atom stereocenters. The van der Waals surface area contributed by atoms with Gasteiger partial charge in [-0.2, -0.15) is 5.10 Å². The lowest BCUT2D eigenvalue weighted by atomic mass is 10.0. The van der Waals surface area contributed by atoms with E-state index in [0.29, 0.717) is 25.1 Å². The zero-order valence-electron chi connectivity index (χ0n) is 21.1. The minimum atomic E-state index is -0.852. The van der Waals surface area contributed by atoms with Crippen molar-refractivity contribution in [3.8, 4) is 11.3 Å². The maximum absolute atomic E-state index is 12.5. The summed E-state index contributed by atoms with van der Waals surface area (Å²) in [5, 5.41) is 7.15. The quantitative estimate of drug-likeness (QED) is 0.573. The Hall–Kier alpha value is -3.04. The van der Waals surface area contributed by atoms with Gasteiger partial charge >= 0.3 is 5.97 Å². The van der Waals surface area contributed by atoms with Crippen LogP contribution in [0.2, 0.25) is 0 Å². The molecule has 190 valence electrons. The van der Waals surface area contributed by atoms with E-state index in [4.69, 9.17) is 14.2 Å². The molecule has 35 heavy (non-hydrogen) atoms. The van der Waals surface area contributed by atoms with E-state index >= 15 is 0 Å². The molecule has 0 saturated carbocycles. The average molecular weight is 486 g/mol. The van der Waals surface area contributed by atoms with Gasteiger partial charge in [0.1, 0.15) is 12.1 Å². The van der Waals surface area contributed by atoms with Crippen LogP contribution < -0.4 is 10.9 Å². The Labute approximate surface area is 205 Å². The lowest BCUT2D eigenvalue weighted by molar-refractivity contribution is -0.300. The van der Waals surface area contributed by atoms with Crippen molar-refractivity contribution in [2.24, 2.45) is 0 Å². The third-order valence-electron chi connectivity index (χ3n) is 5.26. The van der Waals surface area contributed by atoms with Crippen LogP contribution in [0.15, 0.2) is 47.3 Å². The number of rotatable bonds is 8. The summed E-state index contributed by atoms with van der Waals surface area (Å²) in [6.45, 7) is 9.26. The minimum absolute atomic E-state index is 0.138. The normalized spacial score (nSPS) is 19.7. The third-order valence-corrected chi connectivity index (χ3v) is 5.26. The molecule has 1 amide bonds. The predicted molar refractivity (Wildman–Crippen MR) is 130 cm³/mol. The van der Waals surface area contributed by atoms with Crippen LogP contribution in [0.3, 0.4) is 0 Å². The van der Waals surface area contributed by atoms with Crippen LogP contribution in [-0.2, 0) is 30.3 Å². The molecule has 1 N–H and O–H groups in total. The number of nitrogens with zero attached hydrogens (tertiary/aromatic N) is 2. The smallest absolute Gasteiger partial charge is 0.308 e. The van der Waals surface area contributed by atoms with Crippen LogP contribution in [0.1, 0.15) is 53.9 Å². The number of hydrogen-bond acceptors (Lipinski definition) is 7. The van der Waals surface area contributed by atoms with E-state index in [1.165, 1.54) is 6.07 Å². The van der Waals surface area contributed by atoms with E-state index < -0.39 is 11.4 Å². The van der Waals surface area contributed by atoms with E-state index in [1.54, 1.807) is 19.9 Å². The molecule has 1 saturated heterocycles. The van der Waals surface area contributed by atoms with E-state index in [2.05, 4.69) is 10.4 Å². The zero-order valence-corrected chi connectivity index (χ0v) is 21.1. The Morgan fingerprint density at radius 3 is 2.49 bits per heavy atom. The standard InChI is InChI=1S/C26H35N3O6/c1-25(2,3)35-24(32)16-20-15-19(33-26(4,5)34-20)13-14-27-22(30)17-29-23(31)12-11-21(28-29)18-9-7-6-8-10-18/h6-12,19-20H,13-17H2,1-5H3,(H,27,30). The molecule has 0 spiro atoms. The van der Waals surface area contributed by atoms with E-state index in [-0.39, 0.29) is 42.6 Å². The monoisotopic (exact) mass is 485 g/mol. The first kappa shape index (κ1) is 26.6. The van der Waals surface area contributed by atoms with Gasteiger partial charge in [0.25, 0.3) is 5.56 Å². The summed E-state index contributed by atoms with van der Waals surface area (Å²) < 4.78 is 18.4. The highest BCUT2D eigenvalue weighted by molar-refractivity contribution is 5.75. The molecule has 9 nitrogen and oxygen atoms in total. The first-order valence-corrected chi connectivity index (χ1v) is 11.9. The van der Waals surface area contributed by atoms with Crippen molar-refractivity contribution in [1.82, 2.24) is 15.1 Å². The van der Waals surface area contributed by atoms with Gasteiger partial charge in [-0.3, -0.25) is 14.4 Å². The molecule has 1 aromatic carbocycles. The summed E-state index contributed by atoms with van der Waals surface area (Å²) in [5.41, 5.74) is 0.576. The summed E-state index contributed by atoms with van der Waals surface area (Å²) in [4.78, 5) is 36.9. The second kappa shape index (κ2) is 11.1. The van der Waals surface area contributed by atoms with Gasteiger partial charge in [0.15, 0.2) is 5.79 Å². The van der Waals surface area contributed by atoms with Crippen LogP contribution in [0, 0.1) is 0 Å². The zero-order chi connectivity index (χ0) is 25.6. The van der Waals surface area contributed by atoms with Gasteiger partial charge in [-0.25, -0.2) is 4.68 Å². The van der Waals surface area contributed by atoms with E-state index in [9.17, 15) is 14.4 Å². The van der Waals surface area contributed by atoms with Crippen molar-refractivity contribution in [2.45, 2.75) is 84.0 Å². The number of aromatic nitrogens is 2. The fourth-order valence-corrected chi connectivity index (χ4v) is 3.98. The number of esters is 1. The number of nitrogens with one attached hydrogen (secondary N) is 1. The number of benzene rings is 1. The topological polar surface area (TPSA) is 109 Å². The van der Waals surface area contributed by atoms with Crippen molar-refractivity contribution >= 4 is 11.9 Å². The summed E-state index contributed by atoms with van der Waals surface area (Å²) in [6.07, 6.45) is 0.653. The second-order valence-corrected chi connectivity index (χ2v) is 10.1. The fourth-order valence-electron chi connectivity index (χ4n) is 3.98. The number of carbonyl (C=O) groups excluding carboxylic acids is 2. The van der Waals surface area contributed by atoms with Crippen molar-refractivity contribution in [2.75, 3.05) is 6.54 Å². The number of ether oxygens (including phenoxy) is 3. The van der Waals surface area contributed by atoms with Gasteiger partial charge in [0.2, 0.25) is 5.91 Å². The SMILES string of the molecule is CC(C)(C)OC(=O)CC1CC(CCNC(=O)Cn2nc(-c3ccccc3)ccc2=O)OC(C)(C)O1. The second-order valence-electron chi connectivity index (χ2n) is 10.1. The van der Waals surface area contributed by atoms with Crippen LogP contribution in [0.25, 0.3) is 11.3 Å². The van der Waals surface area contributed by atoms with Crippen molar-refractivity contribution in [1.29, 1.82) is 0 Å². The molecule has 0 aliphatic carbocycles. The molecule has 1 aliphatic heterocycles. The highest BCUT2D eigenvalue weighted by Gasteiger charge is 2.37. The van der Waals surface area contributed by atoms with Crippen LogP contribution in [-0.4, -0.2) is 51.8 Å². The minimum Gasteiger partial charge on any atom is -0.460 e. The van der Waals surface area contributed by atoms with Crippen LogP contribution in [0.5, 0.6) is 0 Å². The number of carbonyl (C=O) groups is 2. The molecule has 3 rings (SSSR count). The number of hydrogen-bond donors (Lipinski definition) is 1. The molecule has 1 aromatic heterocycles. The molecule has 2 heterocycles. The van der Waals surface area contributed by atoms with Crippen LogP contribution in [0.4, 0.5) is 0 Å². The van der Waals surface area contributed by atoms with Gasteiger partial charge in [-0.05, 0) is 47.1 Å². The summed E-state index contributed by atoms with van der Waals surface area (Å²) >= 11 is 0. The lowest BCUT2D eigenvalue weighted by Gasteiger charge is -2.40. The Morgan fingerprint density at radius 2 is 1.80 bits per heavy atom. The predicted octanol–water partition coefficient (Wildman–Crippen LogP) is 3.06. The Morgan fingerprint density at radius 1 is 1.11 bits per heavy atom. The van der Waals surface area contributed by atoms with Crippen molar-refractivity contribution < 1.29 is 23.8 Å². The molecule has 1 fully saturated rings. The van der Waals surface area contributed by atoms with Gasteiger partial charge in [-0.1, -0.05) is 30.3 Å². The molecule has 0 bridgehead atoms. The first-order chi connectivity index (χ1) is 16.4. The van der Waals surface area contributed by atoms with Crippen molar-refractivity contribution in [3.05, 3.63) is 52.8 Å². The molecule has 0 radical (unpaired) electrons. The molecule has 2 atom stereocenters. The molecular formula is C26H35N3O6. The summed E-state index contributed by atoms with van der Waals surface area (Å²) in [7, 11) is 0. The lowest BCUT2D eigenvalue weighted by Crippen LogP contribution is -2.46. The Balaban J connectivity index is 1.51. The molecule has 2 aromatic rings. The summed E-state index contributed by atoms with van der Waals surface area (Å²) in [6, 6.07) is 12.5. The third kappa shape index (κ3) is 8.60. The van der Waals surface area contributed by atoms with Gasteiger partial charge in [0.05, 0.1) is 24.3 Å². The maximum atomic E-state index is 12.5. The maximum Gasteiger partial charge on any atom is 0.308 e. The van der Waals surface area contributed by atoms with E-state index in [0.717, 1.165) is 10.2 Å². The Kier molecular flexibility index (Phi) is 8.45. The molecular weight excluding hydrogens is 450 g/mol. The van der Waals surface area contributed by atoms with Gasteiger partial charge < -0.3 is 19.5 Å². The Bertz CT molecular complexity index is 1070. The fraction of sp³-hybridized carbons (Fsp3) is 0.538. The first-order valence-electron chi connectivity index (χ1n) is 11.9. The van der Waals surface area contributed by atoms with Gasteiger partial charge in [0, 0.05) is 24.6 Å². The van der Waals surface area contributed by atoms with Crippen LogP contribution >= 0.6 is 0 Å². The average Bonchev–Trinajstić information content (AvgIpc) is 2.73. The highest BCUT2D eigenvalue weighted by Crippen LogP contribution is 2.30. The summed E-state index contributed by atoms with van der Waals surface area (Å²) in [5.74, 6) is -1.49. The molecule has 1 aliphatic rings. The largest absolute Gasteiger partial charge is 0.460 e. The highest BCUT2D eigenvalue weighted by atomic mass is 16.7. The van der Waals surface area contributed by atoms with Crippen molar-refractivity contribution in [3.63, 3.8) is 0 Å². The van der Waals surface area contributed by atoms with Gasteiger partial charge in [-0.15, -0.1) is 0 Å². The number of amides is 1. The van der Waals surface area contributed by atoms with E-state index in [1.807, 2.05) is 51.1 Å².